The number of halogens is 3. The Hall–Kier alpha value is -2.58. The highest BCUT2D eigenvalue weighted by Crippen LogP contribution is 2.33. The summed E-state index contributed by atoms with van der Waals surface area (Å²) in [5.74, 6) is 0.369. The number of esters is 2. The van der Waals surface area contributed by atoms with E-state index in [0.29, 0.717) is 53.2 Å². The summed E-state index contributed by atoms with van der Waals surface area (Å²) in [5.41, 5.74) is 1.33. The van der Waals surface area contributed by atoms with Crippen LogP contribution in [0, 0.1) is 5.92 Å². The predicted octanol–water partition coefficient (Wildman–Crippen LogP) is 6.04. The van der Waals surface area contributed by atoms with E-state index in [2.05, 4.69) is 4.98 Å². The van der Waals surface area contributed by atoms with Gasteiger partial charge in [-0.05, 0) is 61.3 Å². The van der Waals surface area contributed by atoms with Gasteiger partial charge in [-0.2, -0.15) is 0 Å². The molecule has 1 fully saturated rings. The molecular formula is C26H30Cl2FNO6. The van der Waals surface area contributed by atoms with Crippen molar-refractivity contribution in [1.29, 1.82) is 0 Å². The van der Waals surface area contributed by atoms with Gasteiger partial charge in [0.25, 0.3) is 0 Å². The van der Waals surface area contributed by atoms with Crippen molar-refractivity contribution in [1.82, 2.24) is 4.98 Å². The number of hydrogen-bond acceptors (Lipinski definition) is 7. The van der Waals surface area contributed by atoms with E-state index in [1.807, 2.05) is 0 Å². The number of unbranched alkanes of at least 4 members (excludes halogenated alkanes) is 1. The molecule has 2 aliphatic rings. The van der Waals surface area contributed by atoms with Crippen LogP contribution in [0.1, 0.15) is 51.0 Å². The van der Waals surface area contributed by atoms with E-state index >= 15 is 0 Å². The Morgan fingerprint density at radius 2 is 1.89 bits per heavy atom. The predicted molar refractivity (Wildman–Crippen MR) is 133 cm³/mol. The number of nitrogens with zero attached hydrogens (tertiary/aromatic N) is 1. The van der Waals surface area contributed by atoms with Crippen molar-refractivity contribution in [3.63, 3.8) is 0 Å². The Bertz CT molecular complexity index is 1000. The van der Waals surface area contributed by atoms with Crippen molar-refractivity contribution < 1.29 is 32.9 Å². The summed E-state index contributed by atoms with van der Waals surface area (Å²) >= 11 is 12.7. The summed E-state index contributed by atoms with van der Waals surface area (Å²) in [6.45, 7) is 1.09. The molecule has 1 atom stereocenters. The quantitative estimate of drug-likeness (QED) is 0.209. The Morgan fingerprint density at radius 1 is 1.14 bits per heavy atom. The van der Waals surface area contributed by atoms with E-state index < -0.39 is 18.9 Å². The number of ether oxygens (including phenoxy) is 4. The zero-order chi connectivity index (χ0) is 25.9. The molecule has 0 N–H and O–H groups in total. The van der Waals surface area contributed by atoms with Crippen LogP contribution in [-0.2, 0) is 35.0 Å². The zero-order valence-electron chi connectivity index (χ0n) is 20.1. The second kappa shape index (κ2) is 14.2. The van der Waals surface area contributed by atoms with Crippen LogP contribution < -0.4 is 0 Å². The molecule has 0 radical (unpaired) electrons. The number of carbonyl (C=O) groups is 2. The molecule has 0 bridgehead atoms. The minimum absolute atomic E-state index is 0.149. The van der Waals surface area contributed by atoms with Crippen LogP contribution in [0.3, 0.4) is 0 Å². The van der Waals surface area contributed by atoms with E-state index in [9.17, 15) is 14.0 Å². The number of hydrogen-bond donors (Lipinski definition) is 0. The first-order chi connectivity index (χ1) is 17.4. The molecule has 0 amide bonds. The van der Waals surface area contributed by atoms with Gasteiger partial charge in [0.2, 0.25) is 6.86 Å². The zero-order valence-corrected chi connectivity index (χ0v) is 21.7. The molecule has 196 valence electrons. The van der Waals surface area contributed by atoms with Crippen molar-refractivity contribution in [3.8, 4) is 0 Å². The number of alkyl halides is 1. The van der Waals surface area contributed by atoms with Crippen LogP contribution in [0.5, 0.6) is 0 Å². The second-order valence-electron chi connectivity index (χ2n) is 8.62. The molecule has 7 nitrogen and oxygen atoms in total. The van der Waals surface area contributed by atoms with E-state index in [1.54, 1.807) is 18.2 Å². The lowest BCUT2D eigenvalue weighted by Gasteiger charge is -2.22. The Labute approximate surface area is 220 Å². The molecule has 0 spiro atoms. The fraction of sp³-hybridized carbons (Fsp3) is 0.500. The van der Waals surface area contributed by atoms with Crippen LogP contribution in [0.15, 0.2) is 47.7 Å². The van der Waals surface area contributed by atoms with Gasteiger partial charge in [0.1, 0.15) is 6.10 Å². The first kappa shape index (κ1) is 28.0. The average molecular weight is 542 g/mol. The van der Waals surface area contributed by atoms with Gasteiger partial charge in [-0.15, -0.1) is 0 Å². The fourth-order valence-corrected chi connectivity index (χ4v) is 4.08. The van der Waals surface area contributed by atoms with E-state index in [4.69, 9.17) is 42.1 Å². The molecule has 1 aromatic rings. The second-order valence-corrected chi connectivity index (χ2v) is 9.44. The van der Waals surface area contributed by atoms with Gasteiger partial charge in [-0.3, -0.25) is 14.6 Å². The number of aromatic nitrogens is 1. The van der Waals surface area contributed by atoms with Crippen molar-refractivity contribution in [2.24, 2.45) is 5.92 Å². The highest BCUT2D eigenvalue weighted by Gasteiger charge is 2.26. The molecule has 0 saturated heterocycles. The number of pyridine rings is 1. The first-order valence-corrected chi connectivity index (χ1v) is 12.7. The number of carbonyl (C=O) groups excluding carboxylic acids is 2. The van der Waals surface area contributed by atoms with Gasteiger partial charge in [-0.1, -0.05) is 29.3 Å². The Kier molecular flexibility index (Phi) is 11.1. The van der Waals surface area contributed by atoms with E-state index in [1.165, 1.54) is 19.3 Å². The van der Waals surface area contributed by atoms with E-state index in [-0.39, 0.29) is 31.2 Å². The third-order valence-corrected chi connectivity index (χ3v) is 6.32. The standard InChI is InChI=1S/C26H30Cl2FNO6/c1-17(31)33-10-3-2-7-26(32)36-24(12-20-21(27)13-30-14-22(20)28)19-5-4-6-23(35-16-29)25(11-19)34-15-18-8-9-18/h4,6,11,13-14,18,24H,2-3,5,7-10,12,15-16H2,1H3. The lowest BCUT2D eigenvalue weighted by atomic mass is 9.98. The third kappa shape index (κ3) is 9.13. The molecule has 3 rings (SSSR count). The lowest BCUT2D eigenvalue weighted by Crippen LogP contribution is -2.24. The van der Waals surface area contributed by atoms with Gasteiger partial charge >= 0.3 is 11.9 Å². The van der Waals surface area contributed by atoms with E-state index in [0.717, 1.165) is 18.4 Å². The minimum atomic E-state index is -0.993. The number of rotatable bonds is 14. The summed E-state index contributed by atoms with van der Waals surface area (Å²) in [4.78, 5) is 27.6. The molecule has 1 heterocycles. The van der Waals surface area contributed by atoms with Gasteiger partial charge < -0.3 is 18.9 Å². The highest BCUT2D eigenvalue weighted by molar-refractivity contribution is 6.35. The molecule has 0 aromatic carbocycles. The average Bonchev–Trinajstić information content (AvgIpc) is 3.67. The smallest absolute Gasteiger partial charge is 0.306 e. The van der Waals surface area contributed by atoms with Crippen LogP contribution in [0.25, 0.3) is 0 Å². The number of allylic oxidation sites excluding steroid dienone is 3. The molecular weight excluding hydrogens is 512 g/mol. The van der Waals surface area contributed by atoms with Gasteiger partial charge in [0.15, 0.2) is 11.5 Å². The molecule has 1 aromatic heterocycles. The fourth-order valence-electron chi connectivity index (χ4n) is 3.56. The first-order valence-electron chi connectivity index (χ1n) is 11.9. The monoisotopic (exact) mass is 541 g/mol. The third-order valence-electron chi connectivity index (χ3n) is 5.67. The molecule has 0 aliphatic heterocycles. The molecule has 10 heteroatoms. The maximum Gasteiger partial charge on any atom is 0.306 e. The van der Waals surface area contributed by atoms with Gasteiger partial charge in [0, 0.05) is 32.2 Å². The van der Waals surface area contributed by atoms with Crippen LogP contribution in [-0.4, -0.2) is 43.1 Å². The summed E-state index contributed by atoms with van der Waals surface area (Å²) in [7, 11) is 0. The Morgan fingerprint density at radius 3 is 2.56 bits per heavy atom. The lowest BCUT2D eigenvalue weighted by molar-refractivity contribution is -0.147. The maximum atomic E-state index is 13.0. The van der Waals surface area contributed by atoms with Crippen molar-refractivity contribution in [2.75, 3.05) is 20.1 Å². The van der Waals surface area contributed by atoms with Gasteiger partial charge in [0.05, 0.1) is 23.3 Å². The highest BCUT2D eigenvalue weighted by atomic mass is 35.5. The van der Waals surface area contributed by atoms with Crippen LogP contribution in [0.2, 0.25) is 10.0 Å². The minimum Gasteiger partial charge on any atom is -0.489 e. The van der Waals surface area contributed by atoms with Crippen molar-refractivity contribution in [2.45, 2.75) is 58.0 Å². The summed E-state index contributed by atoms with van der Waals surface area (Å²) in [5, 5.41) is 0.716. The largest absolute Gasteiger partial charge is 0.489 e. The summed E-state index contributed by atoms with van der Waals surface area (Å²) in [6.07, 6.45) is 11.5. The van der Waals surface area contributed by atoms with Gasteiger partial charge in [-0.25, -0.2) is 4.39 Å². The van der Waals surface area contributed by atoms with Crippen LogP contribution in [0.4, 0.5) is 4.39 Å². The SMILES string of the molecule is CC(=O)OCCCCC(=O)OC(Cc1c(Cl)cncc1Cl)C1=CC(OCC2CC2)=C(OCF)C=CC1. The summed E-state index contributed by atoms with van der Waals surface area (Å²) < 4.78 is 34.9. The summed E-state index contributed by atoms with van der Waals surface area (Å²) in [6, 6.07) is 0. The van der Waals surface area contributed by atoms with Crippen molar-refractivity contribution >= 4 is 35.1 Å². The maximum absolute atomic E-state index is 13.0. The van der Waals surface area contributed by atoms with Crippen molar-refractivity contribution in [3.05, 3.63) is 63.3 Å². The Balaban J connectivity index is 1.80. The molecule has 36 heavy (non-hydrogen) atoms. The normalized spacial score (nSPS) is 16.2. The van der Waals surface area contributed by atoms with Crippen LogP contribution >= 0.6 is 23.2 Å². The molecule has 2 aliphatic carbocycles. The molecule has 1 unspecified atom stereocenters. The molecule has 1 saturated carbocycles. The topological polar surface area (TPSA) is 84.0 Å².